The number of ketones is 1. The Morgan fingerprint density at radius 2 is 1.61 bits per heavy atom. The molecule has 2 aromatic carbocycles. The molecule has 41 heavy (non-hydrogen) atoms. The van der Waals surface area contributed by atoms with E-state index in [-0.39, 0.29) is 28.6 Å². The molecule has 0 unspecified atom stereocenters. The Hall–Kier alpha value is -4.82. The zero-order valence-corrected chi connectivity index (χ0v) is 21.9. The van der Waals surface area contributed by atoms with Crippen molar-refractivity contribution < 1.29 is 68.0 Å². The standard InChI is InChI=1S/C27H26O14/c1-11(28)36-10-20-25(37-12(2)29)26(38-13(3)30)23(35)27(41-20)40-18-7-5-15-21(33)19(39-24(15)22(18)34)9-14-4-6-16(31)17(32)8-14/h4-9,20,23,25-27,31-32,34-35H,10H2,1-3H3/b19-9-/t20-,23+,25+,26+,27+/m0/s1. The zero-order valence-electron chi connectivity index (χ0n) is 21.9. The van der Waals surface area contributed by atoms with Crippen LogP contribution in [-0.2, 0) is 33.3 Å². The molecule has 0 amide bonds. The number of fused-ring (bicyclic) bond motifs is 1. The summed E-state index contributed by atoms with van der Waals surface area (Å²) in [5, 5.41) is 41.0. The molecule has 218 valence electrons. The van der Waals surface area contributed by atoms with Gasteiger partial charge < -0.3 is 48.8 Å². The van der Waals surface area contributed by atoms with Crippen LogP contribution in [0.3, 0.4) is 0 Å². The fourth-order valence-electron chi connectivity index (χ4n) is 4.21. The van der Waals surface area contributed by atoms with Crippen LogP contribution in [0, 0.1) is 0 Å². The smallest absolute Gasteiger partial charge is 0.303 e. The van der Waals surface area contributed by atoms with Gasteiger partial charge in [-0.3, -0.25) is 19.2 Å². The SMILES string of the molecule is CC(=O)OC[C@@H]1O[C@@H](Oc2ccc3c(c2O)O/C(=C\c2ccc(O)c(O)c2)C3=O)[C@H](O)[C@@H](OC(C)=O)[C@@H]1OC(C)=O. The molecule has 2 aromatic rings. The Balaban J connectivity index is 1.61. The molecule has 4 N–H and O–H groups in total. The van der Waals surface area contributed by atoms with Gasteiger partial charge in [-0.05, 0) is 35.9 Å². The second kappa shape index (κ2) is 11.7. The Morgan fingerprint density at radius 1 is 0.927 bits per heavy atom. The van der Waals surface area contributed by atoms with E-state index in [1.54, 1.807) is 0 Å². The molecule has 1 saturated heterocycles. The molecule has 2 aliphatic rings. The van der Waals surface area contributed by atoms with Gasteiger partial charge in [0.2, 0.25) is 17.8 Å². The van der Waals surface area contributed by atoms with Gasteiger partial charge >= 0.3 is 17.9 Å². The number of rotatable bonds is 7. The van der Waals surface area contributed by atoms with Crippen LogP contribution in [0.5, 0.6) is 28.7 Å². The number of aromatic hydroxyl groups is 3. The van der Waals surface area contributed by atoms with Crippen molar-refractivity contribution in [1.29, 1.82) is 0 Å². The molecule has 0 bridgehead atoms. The van der Waals surface area contributed by atoms with Gasteiger partial charge in [0.05, 0.1) is 5.56 Å². The second-order valence-electron chi connectivity index (χ2n) is 9.08. The van der Waals surface area contributed by atoms with Gasteiger partial charge in [0.25, 0.3) is 0 Å². The minimum Gasteiger partial charge on any atom is -0.504 e. The largest absolute Gasteiger partial charge is 0.504 e. The van der Waals surface area contributed by atoms with Crippen molar-refractivity contribution in [3.8, 4) is 28.7 Å². The molecule has 0 radical (unpaired) electrons. The molecule has 2 aliphatic heterocycles. The maximum absolute atomic E-state index is 12.8. The third kappa shape index (κ3) is 6.34. The lowest BCUT2D eigenvalue weighted by molar-refractivity contribution is -0.285. The van der Waals surface area contributed by atoms with Crippen molar-refractivity contribution in [3.63, 3.8) is 0 Å². The third-order valence-corrected chi connectivity index (χ3v) is 5.98. The van der Waals surface area contributed by atoms with Gasteiger partial charge in [0, 0.05) is 20.8 Å². The van der Waals surface area contributed by atoms with Crippen LogP contribution in [0.25, 0.3) is 6.08 Å². The second-order valence-corrected chi connectivity index (χ2v) is 9.08. The summed E-state index contributed by atoms with van der Waals surface area (Å²) in [5.74, 6) is -5.07. The van der Waals surface area contributed by atoms with Crippen LogP contribution in [0.1, 0.15) is 36.7 Å². The summed E-state index contributed by atoms with van der Waals surface area (Å²) < 4.78 is 32.3. The van der Waals surface area contributed by atoms with Crippen LogP contribution >= 0.6 is 0 Å². The van der Waals surface area contributed by atoms with Crippen LogP contribution < -0.4 is 9.47 Å². The van der Waals surface area contributed by atoms with E-state index in [0.717, 1.165) is 20.8 Å². The Labute approximate surface area is 232 Å². The van der Waals surface area contributed by atoms with E-state index in [0.29, 0.717) is 5.56 Å². The summed E-state index contributed by atoms with van der Waals surface area (Å²) in [6, 6.07) is 6.34. The number of esters is 3. The van der Waals surface area contributed by atoms with Gasteiger partial charge in [-0.15, -0.1) is 0 Å². The third-order valence-electron chi connectivity index (χ3n) is 5.98. The number of Topliss-reactive ketones (excluding diaryl/α,β-unsaturated/α-hetero) is 1. The van der Waals surface area contributed by atoms with Crippen LogP contribution in [0.4, 0.5) is 0 Å². The summed E-state index contributed by atoms with van der Waals surface area (Å²) in [7, 11) is 0. The fraction of sp³-hybridized carbons (Fsp3) is 0.333. The number of hydrogen-bond acceptors (Lipinski definition) is 14. The Bertz CT molecular complexity index is 1410. The highest BCUT2D eigenvalue weighted by atomic mass is 16.7. The highest BCUT2D eigenvalue weighted by Crippen LogP contribution is 2.46. The van der Waals surface area contributed by atoms with E-state index in [1.165, 1.54) is 36.4 Å². The summed E-state index contributed by atoms with van der Waals surface area (Å²) in [6.45, 7) is 2.81. The number of aliphatic hydroxyl groups is 1. The maximum atomic E-state index is 12.8. The molecule has 4 rings (SSSR count). The number of carbonyl (C=O) groups is 4. The van der Waals surface area contributed by atoms with Crippen LogP contribution in [0.15, 0.2) is 36.1 Å². The zero-order chi connectivity index (χ0) is 30.0. The molecular weight excluding hydrogens is 548 g/mol. The van der Waals surface area contributed by atoms with Crippen molar-refractivity contribution >= 4 is 29.8 Å². The highest BCUT2D eigenvalue weighted by Gasteiger charge is 2.51. The number of aliphatic hydroxyl groups excluding tert-OH is 1. The maximum Gasteiger partial charge on any atom is 0.303 e. The predicted molar refractivity (Wildman–Crippen MR) is 134 cm³/mol. The minimum atomic E-state index is -1.76. The van der Waals surface area contributed by atoms with Crippen LogP contribution in [0.2, 0.25) is 0 Å². The molecular formula is C27H26O14. The monoisotopic (exact) mass is 574 g/mol. The lowest BCUT2D eigenvalue weighted by Crippen LogP contribution is -2.62. The van der Waals surface area contributed by atoms with Gasteiger partial charge in [0.1, 0.15) is 12.7 Å². The minimum absolute atomic E-state index is 0.0188. The summed E-state index contributed by atoms with van der Waals surface area (Å²) >= 11 is 0. The fourth-order valence-corrected chi connectivity index (χ4v) is 4.21. The van der Waals surface area contributed by atoms with Crippen molar-refractivity contribution in [3.05, 3.63) is 47.2 Å². The molecule has 0 saturated carbocycles. The van der Waals surface area contributed by atoms with Crippen LogP contribution in [-0.4, -0.2) is 81.4 Å². The molecule has 0 spiro atoms. The molecule has 1 fully saturated rings. The number of hydrogen-bond donors (Lipinski definition) is 4. The lowest BCUT2D eigenvalue weighted by Gasteiger charge is -2.42. The lowest BCUT2D eigenvalue weighted by atomic mass is 9.98. The van der Waals surface area contributed by atoms with Crippen molar-refractivity contribution in [2.45, 2.75) is 51.5 Å². The van der Waals surface area contributed by atoms with Gasteiger partial charge in [0.15, 0.2) is 47.1 Å². The van der Waals surface area contributed by atoms with E-state index in [1.807, 2.05) is 0 Å². The van der Waals surface area contributed by atoms with Gasteiger partial charge in [-0.2, -0.15) is 0 Å². The normalized spacial score (nSPS) is 24.2. The summed E-state index contributed by atoms with van der Waals surface area (Å²) in [5.41, 5.74) is 0.304. The first-order chi connectivity index (χ1) is 19.3. The predicted octanol–water partition coefficient (Wildman–Crippen LogP) is 1.31. The molecule has 5 atom stereocenters. The van der Waals surface area contributed by atoms with Crippen molar-refractivity contribution in [2.75, 3.05) is 6.61 Å². The highest BCUT2D eigenvalue weighted by molar-refractivity contribution is 6.15. The van der Waals surface area contributed by atoms with E-state index in [9.17, 15) is 39.6 Å². The van der Waals surface area contributed by atoms with E-state index in [4.69, 9.17) is 28.4 Å². The quantitative estimate of drug-likeness (QED) is 0.159. The van der Waals surface area contributed by atoms with Crippen molar-refractivity contribution in [1.82, 2.24) is 0 Å². The van der Waals surface area contributed by atoms with Gasteiger partial charge in [-0.1, -0.05) is 6.07 Å². The molecule has 14 heteroatoms. The number of phenols is 3. The van der Waals surface area contributed by atoms with Gasteiger partial charge in [-0.25, -0.2) is 0 Å². The Morgan fingerprint density at radius 3 is 2.24 bits per heavy atom. The molecule has 0 aromatic heterocycles. The summed E-state index contributed by atoms with van der Waals surface area (Å²) in [4.78, 5) is 47.7. The number of phenolic OH excluding ortho intramolecular Hbond substituents is 3. The number of benzene rings is 2. The first-order valence-electron chi connectivity index (χ1n) is 12.2. The van der Waals surface area contributed by atoms with E-state index in [2.05, 4.69) is 0 Å². The molecule has 0 aliphatic carbocycles. The number of allylic oxidation sites excluding steroid dienone is 1. The van der Waals surface area contributed by atoms with Crippen molar-refractivity contribution in [2.24, 2.45) is 0 Å². The molecule has 2 heterocycles. The topological polar surface area (TPSA) is 205 Å². The average Bonchev–Trinajstić information content (AvgIpc) is 3.21. The molecule has 14 nitrogen and oxygen atoms in total. The van der Waals surface area contributed by atoms with E-state index >= 15 is 0 Å². The summed E-state index contributed by atoms with van der Waals surface area (Å²) in [6.07, 6.45) is -6.28. The van der Waals surface area contributed by atoms with E-state index < -0.39 is 72.5 Å². The number of ether oxygens (including phenoxy) is 6. The first kappa shape index (κ1) is 29.2. The average molecular weight is 574 g/mol. The first-order valence-corrected chi connectivity index (χ1v) is 12.2. The number of carbonyl (C=O) groups excluding carboxylic acids is 4. The Kier molecular flexibility index (Phi) is 8.35.